The first-order chi connectivity index (χ1) is 9.88. The Bertz CT molecular complexity index is 429. The first-order valence-electron chi connectivity index (χ1n) is 7.95. The second-order valence-corrected chi connectivity index (χ2v) is 5.91. The van der Waals surface area contributed by atoms with Gasteiger partial charge in [0.15, 0.2) is 0 Å². The average molecular weight is 275 g/mol. The lowest BCUT2D eigenvalue weighted by Crippen LogP contribution is -2.41. The second-order valence-electron chi connectivity index (χ2n) is 5.91. The fourth-order valence-corrected chi connectivity index (χ4v) is 3.38. The Morgan fingerprint density at radius 1 is 1.25 bits per heavy atom. The normalized spacial score (nSPS) is 26.2. The molecule has 2 atom stereocenters. The molecule has 2 unspecified atom stereocenters. The van der Waals surface area contributed by atoms with Crippen molar-refractivity contribution in [2.24, 2.45) is 5.92 Å². The van der Waals surface area contributed by atoms with E-state index >= 15 is 0 Å². The van der Waals surface area contributed by atoms with E-state index in [-0.39, 0.29) is 12.1 Å². The average Bonchev–Trinajstić information content (AvgIpc) is 3.00. The van der Waals surface area contributed by atoms with Gasteiger partial charge in [-0.1, -0.05) is 38.0 Å². The van der Waals surface area contributed by atoms with Crippen LogP contribution in [0.1, 0.15) is 44.2 Å². The minimum absolute atomic E-state index is 0.130. The van der Waals surface area contributed by atoms with E-state index < -0.39 is 0 Å². The lowest BCUT2D eigenvalue weighted by Gasteiger charge is -2.34. The Kier molecular flexibility index (Phi) is 4.58. The van der Waals surface area contributed by atoms with Gasteiger partial charge in [0.2, 0.25) is 0 Å². The Hall–Kier alpha value is -1.06. The van der Waals surface area contributed by atoms with Gasteiger partial charge in [-0.3, -0.25) is 0 Å². The van der Waals surface area contributed by atoms with Crippen molar-refractivity contribution in [1.82, 2.24) is 5.32 Å². The highest BCUT2D eigenvalue weighted by Gasteiger charge is 2.31. The maximum Gasteiger partial charge on any atom is 0.124 e. The smallest absolute Gasteiger partial charge is 0.124 e. The minimum Gasteiger partial charge on any atom is -0.490 e. The molecule has 0 aromatic heterocycles. The fraction of sp³-hybridized carbons (Fsp3) is 0.647. The summed E-state index contributed by atoms with van der Waals surface area (Å²) in [5.41, 5.74) is 1.23. The van der Waals surface area contributed by atoms with Gasteiger partial charge in [-0.25, -0.2) is 0 Å². The van der Waals surface area contributed by atoms with Crippen LogP contribution in [0, 0.1) is 5.92 Å². The lowest BCUT2D eigenvalue weighted by molar-refractivity contribution is -0.0291. The van der Waals surface area contributed by atoms with Gasteiger partial charge in [-0.05, 0) is 31.4 Å². The Labute approximate surface area is 121 Å². The largest absolute Gasteiger partial charge is 0.490 e. The molecule has 1 saturated carbocycles. The summed E-state index contributed by atoms with van der Waals surface area (Å²) >= 11 is 0. The highest BCUT2D eigenvalue weighted by atomic mass is 16.5. The van der Waals surface area contributed by atoms with Gasteiger partial charge in [-0.15, -0.1) is 0 Å². The van der Waals surface area contributed by atoms with Gasteiger partial charge < -0.3 is 14.8 Å². The summed E-state index contributed by atoms with van der Waals surface area (Å²) in [6.07, 6.45) is 5.53. The second kappa shape index (κ2) is 6.59. The van der Waals surface area contributed by atoms with Crippen LogP contribution in [0.4, 0.5) is 0 Å². The summed E-state index contributed by atoms with van der Waals surface area (Å²) in [5.74, 6) is 1.76. The van der Waals surface area contributed by atoms with Crippen LogP contribution in [0.3, 0.4) is 0 Å². The maximum atomic E-state index is 6.20. The molecule has 1 aliphatic carbocycles. The molecule has 2 aliphatic rings. The summed E-state index contributed by atoms with van der Waals surface area (Å²) in [7, 11) is 0. The Balaban J connectivity index is 1.67. The van der Waals surface area contributed by atoms with Gasteiger partial charge in [0.05, 0.1) is 12.6 Å². The van der Waals surface area contributed by atoms with E-state index in [4.69, 9.17) is 9.47 Å². The number of rotatable bonds is 5. The van der Waals surface area contributed by atoms with Gasteiger partial charge in [0, 0.05) is 5.56 Å². The zero-order valence-electron chi connectivity index (χ0n) is 12.3. The lowest BCUT2D eigenvalue weighted by atomic mass is 9.98. The van der Waals surface area contributed by atoms with Crippen molar-refractivity contribution in [3.8, 4) is 5.75 Å². The highest BCUT2D eigenvalue weighted by Crippen LogP contribution is 2.34. The predicted molar refractivity (Wildman–Crippen MR) is 80.1 cm³/mol. The summed E-state index contributed by atoms with van der Waals surface area (Å²) in [4.78, 5) is 0. The van der Waals surface area contributed by atoms with Gasteiger partial charge in [-0.2, -0.15) is 0 Å². The molecule has 0 spiro atoms. The van der Waals surface area contributed by atoms with Crippen LogP contribution in [-0.4, -0.2) is 25.9 Å². The molecule has 1 aliphatic heterocycles. The first-order valence-corrected chi connectivity index (χ1v) is 7.95. The van der Waals surface area contributed by atoms with Crippen molar-refractivity contribution in [3.05, 3.63) is 29.8 Å². The number of likely N-dealkylation sites (N-methyl/N-ethyl adjacent to an activating group) is 1. The van der Waals surface area contributed by atoms with Crippen LogP contribution in [-0.2, 0) is 4.74 Å². The molecule has 1 aromatic carbocycles. The molecule has 1 heterocycles. The minimum atomic E-state index is 0.130. The number of ether oxygens (including phenoxy) is 2. The van der Waals surface area contributed by atoms with E-state index in [2.05, 4.69) is 24.4 Å². The molecule has 1 N–H and O–H groups in total. The molecule has 3 heteroatoms. The standard InChI is InChI=1S/C17H25NO2/c1-2-18-17-14-9-5-6-10-15(14)20-12-16(17)19-11-13-7-3-4-8-13/h5-6,9-10,13,16-18H,2-4,7-8,11-12H2,1H3. The summed E-state index contributed by atoms with van der Waals surface area (Å²) in [5, 5.41) is 3.56. The summed E-state index contributed by atoms with van der Waals surface area (Å²) in [6, 6.07) is 8.56. The van der Waals surface area contributed by atoms with Gasteiger partial charge >= 0.3 is 0 Å². The van der Waals surface area contributed by atoms with E-state index in [0.29, 0.717) is 6.61 Å². The van der Waals surface area contributed by atoms with Crippen LogP contribution in [0.5, 0.6) is 5.75 Å². The van der Waals surface area contributed by atoms with Crippen molar-refractivity contribution in [3.63, 3.8) is 0 Å². The first kappa shape index (κ1) is 13.9. The number of para-hydroxylation sites is 1. The molecular weight excluding hydrogens is 250 g/mol. The van der Waals surface area contributed by atoms with Crippen molar-refractivity contribution < 1.29 is 9.47 Å². The fourth-order valence-electron chi connectivity index (χ4n) is 3.38. The van der Waals surface area contributed by atoms with E-state index in [1.54, 1.807) is 0 Å². The molecule has 110 valence electrons. The number of hydrogen-bond donors (Lipinski definition) is 1. The molecule has 0 bridgehead atoms. The van der Waals surface area contributed by atoms with Crippen molar-refractivity contribution in [2.45, 2.75) is 44.8 Å². The van der Waals surface area contributed by atoms with Crippen LogP contribution < -0.4 is 10.1 Å². The zero-order valence-corrected chi connectivity index (χ0v) is 12.3. The molecule has 1 fully saturated rings. The third kappa shape index (κ3) is 2.99. The third-order valence-electron chi connectivity index (χ3n) is 4.47. The third-order valence-corrected chi connectivity index (χ3v) is 4.47. The molecule has 0 amide bonds. The number of fused-ring (bicyclic) bond motifs is 1. The van der Waals surface area contributed by atoms with E-state index in [1.807, 2.05) is 12.1 Å². The molecule has 0 saturated heterocycles. The summed E-state index contributed by atoms with van der Waals surface area (Å²) in [6.45, 7) is 4.63. The summed E-state index contributed by atoms with van der Waals surface area (Å²) < 4.78 is 12.1. The molecule has 3 rings (SSSR count). The van der Waals surface area contributed by atoms with Crippen molar-refractivity contribution in [2.75, 3.05) is 19.8 Å². The monoisotopic (exact) mass is 275 g/mol. The van der Waals surface area contributed by atoms with Crippen molar-refractivity contribution >= 4 is 0 Å². The highest BCUT2D eigenvalue weighted by molar-refractivity contribution is 5.38. The van der Waals surface area contributed by atoms with E-state index in [0.717, 1.165) is 24.8 Å². The molecule has 20 heavy (non-hydrogen) atoms. The molecule has 1 aromatic rings. The molecular formula is C17H25NO2. The van der Waals surface area contributed by atoms with Crippen molar-refractivity contribution in [1.29, 1.82) is 0 Å². The van der Waals surface area contributed by atoms with Gasteiger partial charge in [0.25, 0.3) is 0 Å². The maximum absolute atomic E-state index is 6.20. The molecule has 0 radical (unpaired) electrons. The number of hydrogen-bond acceptors (Lipinski definition) is 3. The van der Waals surface area contributed by atoms with Crippen LogP contribution in [0.2, 0.25) is 0 Å². The van der Waals surface area contributed by atoms with E-state index in [1.165, 1.54) is 31.2 Å². The quantitative estimate of drug-likeness (QED) is 0.894. The topological polar surface area (TPSA) is 30.5 Å². The number of nitrogens with one attached hydrogen (secondary N) is 1. The van der Waals surface area contributed by atoms with Crippen LogP contribution in [0.15, 0.2) is 24.3 Å². The van der Waals surface area contributed by atoms with Gasteiger partial charge in [0.1, 0.15) is 18.5 Å². The number of benzene rings is 1. The predicted octanol–water partition coefficient (Wildman–Crippen LogP) is 3.31. The molecule has 3 nitrogen and oxygen atoms in total. The zero-order chi connectivity index (χ0) is 13.8. The Morgan fingerprint density at radius 3 is 2.85 bits per heavy atom. The van der Waals surface area contributed by atoms with Crippen LogP contribution >= 0.6 is 0 Å². The van der Waals surface area contributed by atoms with Crippen LogP contribution in [0.25, 0.3) is 0 Å². The van der Waals surface area contributed by atoms with E-state index in [9.17, 15) is 0 Å². The SMILES string of the molecule is CCNC1c2ccccc2OCC1OCC1CCCC1. The Morgan fingerprint density at radius 2 is 2.05 bits per heavy atom.